The molecule has 0 bridgehead atoms. The maximum Gasteiger partial charge on any atom is 0.293 e. The molecule has 1 fully saturated rings. The van der Waals surface area contributed by atoms with E-state index in [4.69, 9.17) is 16.1 Å². The molecule has 5 rings (SSSR count). The number of nitrogens with zero attached hydrogens (tertiary/aromatic N) is 2. The molecule has 3 heterocycles. The molecule has 0 amide bonds. The van der Waals surface area contributed by atoms with Gasteiger partial charge in [0, 0.05) is 31.9 Å². The van der Waals surface area contributed by atoms with Crippen molar-refractivity contribution in [1.29, 1.82) is 0 Å². The van der Waals surface area contributed by atoms with Crippen LogP contribution in [0.3, 0.4) is 0 Å². The summed E-state index contributed by atoms with van der Waals surface area (Å²) >= 11 is 6.68. The van der Waals surface area contributed by atoms with Gasteiger partial charge in [0.1, 0.15) is 11.6 Å². The molecule has 154 valence electrons. The lowest BCUT2D eigenvalue weighted by Gasteiger charge is -2.31. The third-order valence-corrected chi connectivity index (χ3v) is 5.62. The lowest BCUT2D eigenvalue weighted by molar-refractivity contribution is 0.437. The second-order valence-electron chi connectivity index (χ2n) is 7.01. The minimum Gasteiger partial charge on any atom is -0.365 e. The Bertz CT molecular complexity index is 1400. The van der Waals surface area contributed by atoms with Crippen LogP contribution in [0.1, 0.15) is 0 Å². The Hall–Kier alpha value is -3.17. The van der Waals surface area contributed by atoms with Crippen LogP contribution in [0.2, 0.25) is 5.02 Å². The van der Waals surface area contributed by atoms with Crippen molar-refractivity contribution in [1.82, 2.24) is 15.0 Å². The number of hydrogen-bond acceptors (Lipinski definition) is 5. The molecule has 1 aliphatic heterocycles. The van der Waals surface area contributed by atoms with Crippen LogP contribution in [-0.2, 0) is 0 Å². The summed E-state index contributed by atoms with van der Waals surface area (Å²) in [5.74, 6) is -1.12. The normalized spacial score (nSPS) is 14.7. The molecule has 1 aliphatic rings. The molecule has 7 nitrogen and oxygen atoms in total. The van der Waals surface area contributed by atoms with Crippen LogP contribution < -0.4 is 21.2 Å². The first-order valence-electron chi connectivity index (χ1n) is 9.27. The van der Waals surface area contributed by atoms with Gasteiger partial charge in [0.2, 0.25) is 11.1 Å². The number of hydrogen-bond donors (Lipinski definition) is 2. The van der Waals surface area contributed by atoms with Gasteiger partial charge in [0.05, 0.1) is 21.6 Å². The van der Waals surface area contributed by atoms with E-state index < -0.39 is 22.6 Å². The second-order valence-corrected chi connectivity index (χ2v) is 7.39. The average Bonchev–Trinajstić information content (AvgIpc) is 3.12. The molecule has 10 heteroatoms. The summed E-state index contributed by atoms with van der Waals surface area (Å²) in [6.45, 7) is 2.38. The molecular weight excluding hydrogens is 418 g/mol. The van der Waals surface area contributed by atoms with Crippen molar-refractivity contribution in [3.63, 3.8) is 0 Å². The molecule has 2 aromatic heterocycles. The van der Waals surface area contributed by atoms with E-state index in [0.717, 1.165) is 6.07 Å². The third kappa shape index (κ3) is 2.73. The predicted molar refractivity (Wildman–Crippen MR) is 110 cm³/mol. The maximum atomic E-state index is 15.1. The van der Waals surface area contributed by atoms with Crippen LogP contribution in [0.15, 0.2) is 44.4 Å². The van der Waals surface area contributed by atoms with Crippen molar-refractivity contribution in [2.45, 2.75) is 0 Å². The molecule has 1 saturated heterocycles. The number of aromatic amines is 1. The average molecular weight is 433 g/mol. The SMILES string of the molecule is O=c1[nH]oc2c1c(=O)c1cc(F)c(N3CCNCC3)c(Cl)c1n2-c1ccc(F)cc1. The number of aromatic nitrogens is 2. The van der Waals surface area contributed by atoms with Crippen LogP contribution in [0, 0.1) is 11.6 Å². The number of halogens is 3. The Labute approximate surface area is 172 Å². The van der Waals surface area contributed by atoms with E-state index in [2.05, 4.69) is 10.5 Å². The van der Waals surface area contributed by atoms with E-state index in [1.807, 2.05) is 0 Å². The summed E-state index contributed by atoms with van der Waals surface area (Å²) in [6, 6.07) is 6.45. The van der Waals surface area contributed by atoms with Crippen LogP contribution in [0.25, 0.3) is 27.7 Å². The van der Waals surface area contributed by atoms with Gasteiger partial charge >= 0.3 is 0 Å². The van der Waals surface area contributed by atoms with Gasteiger partial charge in [-0.2, -0.15) is 5.16 Å². The van der Waals surface area contributed by atoms with Crippen molar-refractivity contribution in [2.75, 3.05) is 31.1 Å². The highest BCUT2D eigenvalue weighted by atomic mass is 35.5. The molecule has 2 N–H and O–H groups in total. The first-order valence-corrected chi connectivity index (χ1v) is 9.64. The van der Waals surface area contributed by atoms with Crippen molar-refractivity contribution < 1.29 is 13.3 Å². The fraction of sp³-hybridized carbons (Fsp3) is 0.200. The van der Waals surface area contributed by atoms with E-state index in [1.54, 1.807) is 4.90 Å². The highest BCUT2D eigenvalue weighted by Gasteiger charge is 2.26. The van der Waals surface area contributed by atoms with Gasteiger partial charge in [-0.3, -0.25) is 14.2 Å². The summed E-state index contributed by atoms with van der Waals surface area (Å²) < 4.78 is 35.3. The summed E-state index contributed by atoms with van der Waals surface area (Å²) in [7, 11) is 0. The number of rotatable bonds is 2. The quantitative estimate of drug-likeness (QED) is 0.509. The minimum atomic E-state index is -0.740. The van der Waals surface area contributed by atoms with Gasteiger partial charge in [-0.1, -0.05) is 11.6 Å². The van der Waals surface area contributed by atoms with Crippen molar-refractivity contribution in [3.8, 4) is 5.69 Å². The van der Waals surface area contributed by atoms with E-state index in [1.165, 1.54) is 28.8 Å². The van der Waals surface area contributed by atoms with Crippen molar-refractivity contribution in [2.24, 2.45) is 0 Å². The summed E-state index contributed by atoms with van der Waals surface area (Å²) in [6.07, 6.45) is 0. The maximum absolute atomic E-state index is 15.1. The zero-order valence-electron chi connectivity index (χ0n) is 15.5. The van der Waals surface area contributed by atoms with Gasteiger partial charge in [0.25, 0.3) is 5.56 Å². The summed E-state index contributed by atoms with van der Waals surface area (Å²) in [5.41, 5.74) is -0.772. The molecule has 0 spiro atoms. The molecule has 0 unspecified atom stereocenters. The lowest BCUT2D eigenvalue weighted by Crippen LogP contribution is -2.44. The standard InChI is InChI=1S/C20H15ClF2N4O3/c21-15-16-12(9-13(23)17(15)26-7-5-24-6-8-26)18(28)14-19(29)25-30-20(14)27(16)11-3-1-10(22)2-4-11/h1-4,9,24H,5-8H2,(H,25,29). The number of fused-ring (bicyclic) bond motifs is 2. The number of nitrogens with one attached hydrogen (secondary N) is 2. The summed E-state index contributed by atoms with van der Waals surface area (Å²) in [5, 5.41) is 5.01. The van der Waals surface area contributed by atoms with Gasteiger partial charge in [-0.15, -0.1) is 0 Å². The smallest absolute Gasteiger partial charge is 0.293 e. The summed E-state index contributed by atoms with van der Waals surface area (Å²) in [4.78, 5) is 27.0. The molecule has 0 saturated carbocycles. The third-order valence-electron chi connectivity index (χ3n) is 5.27. The highest BCUT2D eigenvalue weighted by Crippen LogP contribution is 2.37. The largest absolute Gasteiger partial charge is 0.365 e. The molecule has 0 atom stereocenters. The van der Waals surface area contributed by atoms with Gasteiger partial charge in [0.15, 0.2) is 5.39 Å². The van der Waals surface area contributed by atoms with Gasteiger partial charge in [-0.05, 0) is 30.3 Å². The van der Waals surface area contributed by atoms with Crippen LogP contribution in [0.4, 0.5) is 14.5 Å². The van der Waals surface area contributed by atoms with Crippen molar-refractivity contribution in [3.05, 3.63) is 67.6 Å². The van der Waals surface area contributed by atoms with Crippen molar-refractivity contribution >= 4 is 39.3 Å². The molecule has 2 aromatic carbocycles. The highest BCUT2D eigenvalue weighted by molar-refractivity contribution is 6.38. The molecule has 4 aromatic rings. The number of benzene rings is 2. The molecule has 0 radical (unpaired) electrons. The molecule has 0 aliphatic carbocycles. The number of anilines is 1. The van der Waals surface area contributed by atoms with Gasteiger partial charge < -0.3 is 14.7 Å². The predicted octanol–water partition coefficient (Wildman–Crippen LogP) is 2.77. The van der Waals surface area contributed by atoms with Crippen LogP contribution >= 0.6 is 11.6 Å². The zero-order chi connectivity index (χ0) is 21.0. The van der Waals surface area contributed by atoms with Gasteiger partial charge in [-0.25, -0.2) is 8.78 Å². The topological polar surface area (TPSA) is 83.3 Å². The van der Waals surface area contributed by atoms with E-state index in [0.29, 0.717) is 31.9 Å². The Morgan fingerprint density at radius 2 is 1.77 bits per heavy atom. The number of H-pyrrole nitrogens is 1. The Morgan fingerprint density at radius 3 is 2.47 bits per heavy atom. The monoisotopic (exact) mass is 432 g/mol. The van der Waals surface area contributed by atoms with E-state index in [-0.39, 0.29) is 32.7 Å². The Kier molecular flexibility index (Phi) is 4.37. The fourth-order valence-electron chi connectivity index (χ4n) is 3.89. The number of pyridine rings is 1. The van der Waals surface area contributed by atoms with Crippen LogP contribution in [0.5, 0.6) is 0 Å². The Morgan fingerprint density at radius 1 is 1.07 bits per heavy atom. The molecular formula is C20H15ClF2N4O3. The minimum absolute atomic E-state index is 0.0130. The second kappa shape index (κ2) is 6.96. The zero-order valence-corrected chi connectivity index (χ0v) is 16.2. The first kappa shape index (κ1) is 18.8. The molecule has 30 heavy (non-hydrogen) atoms. The first-order chi connectivity index (χ1) is 14.5. The van der Waals surface area contributed by atoms with Crippen LogP contribution in [-0.4, -0.2) is 35.9 Å². The lowest BCUT2D eigenvalue weighted by atomic mass is 10.1. The Balaban J connectivity index is 1.95. The van der Waals surface area contributed by atoms with E-state index >= 15 is 4.39 Å². The fourth-order valence-corrected chi connectivity index (χ4v) is 4.29. The van der Waals surface area contributed by atoms with E-state index in [9.17, 15) is 14.0 Å². The number of piperazine rings is 1.